The lowest BCUT2D eigenvalue weighted by molar-refractivity contribution is 0.0630. The molecule has 0 aromatic carbocycles. The minimum absolute atomic E-state index is 0.147. The Morgan fingerprint density at radius 2 is 2.17 bits per heavy atom. The average molecular weight is 250 g/mol. The third kappa shape index (κ3) is 4.14. The summed E-state index contributed by atoms with van der Waals surface area (Å²) in [6.07, 6.45) is 10.8. The first kappa shape index (κ1) is 13.6. The Kier molecular flexibility index (Phi) is 5.26. The smallest absolute Gasteiger partial charge is 0.0468 e. The van der Waals surface area contributed by atoms with Crippen LogP contribution >= 0.6 is 0 Å². The van der Waals surface area contributed by atoms with Gasteiger partial charge in [0.1, 0.15) is 0 Å². The van der Waals surface area contributed by atoms with Crippen LogP contribution in [0.25, 0.3) is 0 Å². The van der Waals surface area contributed by atoms with E-state index in [-0.39, 0.29) is 6.04 Å². The largest absolute Gasteiger partial charge is 0.381 e. The predicted octanol–water partition coefficient (Wildman–Crippen LogP) is 3.10. The molecule has 0 spiro atoms. The minimum atomic E-state index is 0.147. The van der Waals surface area contributed by atoms with E-state index in [4.69, 9.17) is 10.5 Å². The summed E-state index contributed by atoms with van der Waals surface area (Å²) >= 11 is 0. The van der Waals surface area contributed by atoms with Crippen LogP contribution in [0.2, 0.25) is 0 Å². The number of hydrogen-bond acceptors (Lipinski definition) is 2. The Morgan fingerprint density at radius 3 is 2.83 bits per heavy atom. The Morgan fingerprint density at radius 1 is 1.39 bits per heavy atom. The first-order chi connectivity index (χ1) is 8.75. The molecule has 0 bridgehead atoms. The van der Waals surface area contributed by atoms with Gasteiger partial charge < -0.3 is 15.0 Å². The van der Waals surface area contributed by atoms with Crippen LogP contribution < -0.4 is 5.73 Å². The van der Waals surface area contributed by atoms with Crippen molar-refractivity contribution in [2.75, 3.05) is 13.2 Å². The molecule has 1 fully saturated rings. The van der Waals surface area contributed by atoms with Crippen molar-refractivity contribution in [1.29, 1.82) is 0 Å². The second-order valence-electron chi connectivity index (χ2n) is 5.52. The monoisotopic (exact) mass is 250 g/mol. The zero-order valence-electron chi connectivity index (χ0n) is 11.5. The normalized spacial score (nSPS) is 19.0. The lowest BCUT2D eigenvalue weighted by atomic mass is 9.94. The van der Waals surface area contributed by atoms with Crippen molar-refractivity contribution in [3.8, 4) is 0 Å². The number of rotatable bonds is 6. The van der Waals surface area contributed by atoms with Crippen LogP contribution in [0.5, 0.6) is 0 Å². The van der Waals surface area contributed by atoms with Crippen molar-refractivity contribution >= 4 is 0 Å². The summed E-state index contributed by atoms with van der Waals surface area (Å²) in [5.74, 6) is 0.906. The maximum absolute atomic E-state index is 5.85. The van der Waals surface area contributed by atoms with Crippen molar-refractivity contribution < 1.29 is 4.74 Å². The zero-order chi connectivity index (χ0) is 12.8. The second-order valence-corrected chi connectivity index (χ2v) is 5.52. The first-order valence-electron chi connectivity index (χ1n) is 7.24. The van der Waals surface area contributed by atoms with Gasteiger partial charge in [-0.3, -0.25) is 0 Å². The maximum Gasteiger partial charge on any atom is 0.0468 e. The van der Waals surface area contributed by atoms with Crippen LogP contribution in [0.4, 0.5) is 0 Å². The van der Waals surface area contributed by atoms with E-state index in [2.05, 4.69) is 23.0 Å². The fourth-order valence-electron chi connectivity index (χ4n) is 2.63. The van der Waals surface area contributed by atoms with Gasteiger partial charge in [0.2, 0.25) is 0 Å². The van der Waals surface area contributed by atoms with Crippen LogP contribution in [-0.2, 0) is 11.3 Å². The number of aryl methyl sites for hydroxylation is 1. The molecule has 1 aliphatic rings. The summed E-state index contributed by atoms with van der Waals surface area (Å²) in [7, 11) is 0. The highest BCUT2D eigenvalue weighted by Crippen LogP contribution is 2.21. The highest BCUT2D eigenvalue weighted by Gasteiger charge is 2.12. The lowest BCUT2D eigenvalue weighted by Gasteiger charge is -2.21. The van der Waals surface area contributed by atoms with Gasteiger partial charge in [-0.2, -0.15) is 0 Å². The Balaban J connectivity index is 1.62. The Hall–Kier alpha value is -0.800. The van der Waals surface area contributed by atoms with Crippen LogP contribution in [0, 0.1) is 5.92 Å². The molecule has 2 heterocycles. The molecule has 1 aromatic rings. The molecule has 0 saturated carbocycles. The van der Waals surface area contributed by atoms with E-state index in [1.54, 1.807) is 0 Å². The van der Waals surface area contributed by atoms with Crippen LogP contribution in [0.3, 0.4) is 0 Å². The molecule has 1 aromatic heterocycles. The highest BCUT2D eigenvalue weighted by atomic mass is 16.5. The summed E-state index contributed by atoms with van der Waals surface area (Å²) in [4.78, 5) is 0. The molecular weight excluding hydrogens is 224 g/mol. The number of unbranched alkanes of at least 4 members (excludes halogenated alkanes) is 1. The van der Waals surface area contributed by atoms with Crippen molar-refractivity contribution in [3.63, 3.8) is 0 Å². The van der Waals surface area contributed by atoms with Crippen LogP contribution in [0.1, 0.15) is 50.6 Å². The molecule has 102 valence electrons. The molecule has 3 nitrogen and oxygen atoms in total. The van der Waals surface area contributed by atoms with Crippen molar-refractivity contribution in [2.24, 2.45) is 11.7 Å². The molecule has 1 atom stereocenters. The van der Waals surface area contributed by atoms with Gasteiger partial charge in [-0.15, -0.1) is 0 Å². The third-order valence-electron chi connectivity index (χ3n) is 3.92. The van der Waals surface area contributed by atoms with Gasteiger partial charge in [0, 0.05) is 38.2 Å². The highest BCUT2D eigenvalue weighted by molar-refractivity contribution is 5.13. The number of ether oxygens (including phenoxy) is 1. The van der Waals surface area contributed by atoms with E-state index in [1.165, 1.54) is 37.7 Å². The SMILES string of the molecule is CC(N)c1ccn(CCCCC2CCOCC2)c1. The van der Waals surface area contributed by atoms with E-state index in [0.29, 0.717) is 0 Å². The first-order valence-corrected chi connectivity index (χ1v) is 7.24. The fourth-order valence-corrected chi connectivity index (χ4v) is 2.63. The molecular formula is C15H26N2O. The van der Waals surface area contributed by atoms with Crippen LogP contribution in [0.15, 0.2) is 18.5 Å². The van der Waals surface area contributed by atoms with Crippen molar-refractivity contribution in [2.45, 2.75) is 51.6 Å². The molecule has 0 amide bonds. The third-order valence-corrected chi connectivity index (χ3v) is 3.92. The average Bonchev–Trinajstić information content (AvgIpc) is 2.85. The standard InChI is InChI=1S/C15H26N2O/c1-13(16)15-5-9-17(12-15)8-3-2-4-14-6-10-18-11-7-14/h5,9,12-14H,2-4,6-8,10-11,16H2,1H3. The number of aromatic nitrogens is 1. The summed E-state index contributed by atoms with van der Waals surface area (Å²) in [5.41, 5.74) is 7.09. The summed E-state index contributed by atoms with van der Waals surface area (Å²) in [6.45, 7) is 5.10. The minimum Gasteiger partial charge on any atom is -0.381 e. The van der Waals surface area contributed by atoms with Gasteiger partial charge >= 0.3 is 0 Å². The van der Waals surface area contributed by atoms with E-state index in [0.717, 1.165) is 25.7 Å². The molecule has 2 rings (SSSR count). The van der Waals surface area contributed by atoms with E-state index >= 15 is 0 Å². The zero-order valence-corrected chi connectivity index (χ0v) is 11.5. The number of nitrogens with zero attached hydrogens (tertiary/aromatic N) is 1. The fraction of sp³-hybridized carbons (Fsp3) is 0.733. The van der Waals surface area contributed by atoms with Gasteiger partial charge in [0.05, 0.1) is 0 Å². The van der Waals surface area contributed by atoms with E-state index in [9.17, 15) is 0 Å². The lowest BCUT2D eigenvalue weighted by Crippen LogP contribution is -2.15. The Bertz CT molecular complexity index is 340. The predicted molar refractivity (Wildman–Crippen MR) is 74.4 cm³/mol. The van der Waals surface area contributed by atoms with Gasteiger partial charge in [0.15, 0.2) is 0 Å². The molecule has 0 aliphatic carbocycles. The molecule has 2 N–H and O–H groups in total. The van der Waals surface area contributed by atoms with Gasteiger partial charge in [-0.1, -0.05) is 12.8 Å². The molecule has 1 saturated heterocycles. The summed E-state index contributed by atoms with van der Waals surface area (Å²) in [5, 5.41) is 0. The van der Waals surface area contributed by atoms with Crippen LogP contribution in [-0.4, -0.2) is 17.8 Å². The van der Waals surface area contributed by atoms with E-state index < -0.39 is 0 Å². The number of hydrogen-bond donors (Lipinski definition) is 1. The molecule has 0 radical (unpaired) electrons. The maximum atomic E-state index is 5.85. The van der Waals surface area contributed by atoms with Crippen molar-refractivity contribution in [3.05, 3.63) is 24.0 Å². The summed E-state index contributed by atoms with van der Waals surface area (Å²) < 4.78 is 7.65. The quantitative estimate of drug-likeness (QED) is 0.788. The van der Waals surface area contributed by atoms with E-state index in [1.807, 2.05) is 6.92 Å². The second kappa shape index (κ2) is 6.95. The van der Waals surface area contributed by atoms with Crippen molar-refractivity contribution in [1.82, 2.24) is 4.57 Å². The molecule has 3 heteroatoms. The topological polar surface area (TPSA) is 40.2 Å². The molecule has 1 unspecified atom stereocenters. The molecule has 1 aliphatic heterocycles. The van der Waals surface area contributed by atoms with Gasteiger partial charge in [0.25, 0.3) is 0 Å². The van der Waals surface area contributed by atoms with Gasteiger partial charge in [-0.25, -0.2) is 0 Å². The Labute approximate surface area is 110 Å². The summed E-state index contributed by atoms with van der Waals surface area (Å²) in [6, 6.07) is 2.27. The van der Waals surface area contributed by atoms with Gasteiger partial charge in [-0.05, 0) is 43.7 Å². The number of nitrogens with two attached hydrogens (primary N) is 1. The molecule has 18 heavy (non-hydrogen) atoms.